The molecule has 1 aliphatic rings. The Morgan fingerprint density at radius 2 is 1.62 bits per heavy atom. The zero-order valence-electron chi connectivity index (χ0n) is 27.1. The summed E-state index contributed by atoms with van der Waals surface area (Å²) in [6.45, 7) is 13.8. The van der Waals surface area contributed by atoms with E-state index in [-0.39, 0.29) is 29.2 Å². The second kappa shape index (κ2) is 19.0. The maximum Gasteiger partial charge on any atom is 0.334 e. The molecule has 240 valence electrons. The van der Waals surface area contributed by atoms with Crippen LogP contribution in [0.5, 0.6) is 11.5 Å². The molecule has 0 aromatic heterocycles. The van der Waals surface area contributed by atoms with E-state index in [2.05, 4.69) is 11.4 Å². The van der Waals surface area contributed by atoms with Crippen LogP contribution in [0.1, 0.15) is 129 Å². The molecule has 0 heterocycles. The number of carbonyl (C=O) groups is 1. The van der Waals surface area contributed by atoms with Gasteiger partial charge in [0.25, 0.3) is 0 Å². The van der Waals surface area contributed by atoms with E-state index >= 15 is 0 Å². The van der Waals surface area contributed by atoms with Gasteiger partial charge in [0, 0.05) is 43.0 Å². The lowest BCUT2D eigenvalue weighted by molar-refractivity contribution is -0.134. The Hall–Kier alpha value is -1.45. The van der Waals surface area contributed by atoms with Crippen LogP contribution in [0.15, 0.2) is 17.1 Å². The number of phenolic OH excluding ortho intramolecular Hbond substituents is 1. The van der Waals surface area contributed by atoms with E-state index < -0.39 is 8.56 Å². The van der Waals surface area contributed by atoms with E-state index in [9.17, 15) is 9.90 Å². The fraction of sp³-hybridized carbons (Fsp3) is 0.758. The topological polar surface area (TPSA) is 89.4 Å². The maximum atomic E-state index is 12.7. The first-order valence-electron chi connectivity index (χ1n) is 16.3. The SMILES string of the molecule is CCO[Si](C)(CCCCCCCCCCC(=O)Oc1cc(C=N[C@@H]2CCCC[C@H]2NCl)c(O)c(C(C)(C)C)c1)OCC. The second-order valence-electron chi connectivity index (χ2n) is 12.8. The number of nitrogens with one attached hydrogen (secondary N) is 1. The summed E-state index contributed by atoms with van der Waals surface area (Å²) < 4.78 is 17.6. The van der Waals surface area contributed by atoms with Gasteiger partial charge in [-0.15, -0.1) is 0 Å². The minimum Gasteiger partial charge on any atom is -0.507 e. The van der Waals surface area contributed by atoms with Crippen molar-refractivity contribution in [2.24, 2.45) is 4.99 Å². The Labute approximate surface area is 261 Å². The van der Waals surface area contributed by atoms with Crippen molar-refractivity contribution in [3.63, 3.8) is 0 Å². The van der Waals surface area contributed by atoms with Crippen molar-refractivity contribution in [1.29, 1.82) is 0 Å². The van der Waals surface area contributed by atoms with Crippen molar-refractivity contribution < 1.29 is 23.5 Å². The van der Waals surface area contributed by atoms with Crippen LogP contribution in [-0.4, -0.2) is 51.1 Å². The highest BCUT2D eigenvalue weighted by Crippen LogP contribution is 2.36. The van der Waals surface area contributed by atoms with Crippen molar-refractivity contribution in [1.82, 2.24) is 4.84 Å². The summed E-state index contributed by atoms with van der Waals surface area (Å²) in [4.78, 5) is 20.3. The molecule has 1 aliphatic carbocycles. The minimum absolute atomic E-state index is 0.0539. The molecule has 42 heavy (non-hydrogen) atoms. The first-order valence-corrected chi connectivity index (χ1v) is 19.2. The van der Waals surface area contributed by atoms with Crippen molar-refractivity contribution in [2.75, 3.05) is 13.2 Å². The van der Waals surface area contributed by atoms with Crippen molar-refractivity contribution in [3.05, 3.63) is 23.3 Å². The summed E-state index contributed by atoms with van der Waals surface area (Å²) in [6.07, 6.45) is 15.3. The maximum absolute atomic E-state index is 12.7. The molecule has 0 radical (unpaired) electrons. The Balaban J connectivity index is 1.78. The number of hydrogen-bond acceptors (Lipinski definition) is 7. The van der Waals surface area contributed by atoms with Gasteiger partial charge in [-0.05, 0) is 75.0 Å². The molecule has 0 saturated heterocycles. The van der Waals surface area contributed by atoms with Gasteiger partial charge >= 0.3 is 14.5 Å². The monoisotopic (exact) mass is 624 g/mol. The van der Waals surface area contributed by atoms with Crippen LogP contribution in [0.2, 0.25) is 12.6 Å². The number of esters is 1. The van der Waals surface area contributed by atoms with Crippen LogP contribution in [0, 0.1) is 0 Å². The van der Waals surface area contributed by atoms with E-state index in [1.807, 2.05) is 34.6 Å². The third kappa shape index (κ3) is 13.0. The van der Waals surface area contributed by atoms with E-state index in [0.29, 0.717) is 17.7 Å². The average Bonchev–Trinajstić information content (AvgIpc) is 2.94. The van der Waals surface area contributed by atoms with Crippen LogP contribution < -0.4 is 9.57 Å². The number of benzene rings is 1. The summed E-state index contributed by atoms with van der Waals surface area (Å²) >= 11 is 5.94. The molecule has 7 nitrogen and oxygen atoms in total. The zero-order chi connectivity index (χ0) is 31.0. The summed E-state index contributed by atoms with van der Waals surface area (Å²) in [7, 11) is -1.98. The number of phenols is 1. The highest BCUT2D eigenvalue weighted by Gasteiger charge is 2.29. The molecule has 2 rings (SSSR count). The quantitative estimate of drug-likeness (QED) is 0.0399. The van der Waals surface area contributed by atoms with Crippen LogP contribution in [0.4, 0.5) is 0 Å². The average molecular weight is 625 g/mol. The van der Waals surface area contributed by atoms with Crippen LogP contribution >= 0.6 is 11.8 Å². The molecule has 1 fully saturated rings. The van der Waals surface area contributed by atoms with Crippen LogP contribution in [-0.2, 0) is 19.1 Å². The Bertz CT molecular complexity index is 962. The molecule has 0 bridgehead atoms. The Morgan fingerprint density at radius 1 is 1.02 bits per heavy atom. The Kier molecular flexibility index (Phi) is 16.7. The third-order valence-corrected chi connectivity index (χ3v) is 11.4. The number of unbranched alkanes of at least 4 members (excludes halogenated alkanes) is 7. The van der Waals surface area contributed by atoms with E-state index in [4.69, 9.17) is 30.4 Å². The third-order valence-electron chi connectivity index (χ3n) is 8.09. The molecule has 0 spiro atoms. The molecule has 9 heteroatoms. The highest BCUT2D eigenvalue weighted by molar-refractivity contribution is 6.66. The molecular formula is C33H57ClN2O5Si. The van der Waals surface area contributed by atoms with Gasteiger partial charge in [0.15, 0.2) is 0 Å². The van der Waals surface area contributed by atoms with Crippen molar-refractivity contribution >= 4 is 32.5 Å². The standard InChI is InChI=1S/C33H57ClN2O5Si/c1-7-39-42(6,40-8-2)22-18-14-12-10-9-11-13-15-21-31(37)41-27-23-26(32(38)28(24-27)33(3,4)5)25-35-29-19-16-17-20-30(29)36-34/h23-25,29-30,36,38H,7-22H2,1-6H3/t29-,30-/m1/s1. The van der Waals surface area contributed by atoms with Gasteiger partial charge in [-0.1, -0.05) is 78.6 Å². The summed E-state index contributed by atoms with van der Waals surface area (Å²) in [6, 6.07) is 4.73. The summed E-state index contributed by atoms with van der Waals surface area (Å²) in [5, 5.41) is 11.0. The van der Waals surface area contributed by atoms with Gasteiger partial charge in [-0.25, -0.2) is 4.84 Å². The number of aliphatic imine (C=N–C) groups is 1. The van der Waals surface area contributed by atoms with E-state index in [1.54, 1.807) is 18.3 Å². The lowest BCUT2D eigenvalue weighted by Crippen LogP contribution is -2.38. The van der Waals surface area contributed by atoms with Crippen LogP contribution in [0.3, 0.4) is 0 Å². The minimum atomic E-state index is -1.98. The molecule has 0 amide bonds. The molecule has 1 aromatic carbocycles. The first kappa shape index (κ1) is 36.7. The molecular weight excluding hydrogens is 568 g/mol. The fourth-order valence-corrected chi connectivity index (χ4v) is 8.45. The molecule has 0 unspecified atom stereocenters. The molecule has 2 N–H and O–H groups in total. The number of aromatic hydroxyl groups is 1. The van der Waals surface area contributed by atoms with Gasteiger partial charge < -0.3 is 18.7 Å². The van der Waals surface area contributed by atoms with E-state index in [0.717, 1.165) is 69.8 Å². The van der Waals surface area contributed by atoms with Gasteiger partial charge in [0.2, 0.25) is 0 Å². The Morgan fingerprint density at radius 3 is 2.21 bits per heavy atom. The van der Waals surface area contributed by atoms with E-state index in [1.165, 1.54) is 32.1 Å². The predicted octanol–water partition coefficient (Wildman–Crippen LogP) is 8.72. The van der Waals surface area contributed by atoms with Gasteiger partial charge in [0.1, 0.15) is 11.5 Å². The predicted molar refractivity (Wildman–Crippen MR) is 176 cm³/mol. The summed E-state index contributed by atoms with van der Waals surface area (Å²) in [5.74, 6) is 0.391. The van der Waals surface area contributed by atoms with Crippen molar-refractivity contribution in [2.45, 2.75) is 148 Å². The number of halogens is 1. The lowest BCUT2D eigenvalue weighted by Gasteiger charge is -2.27. The smallest absolute Gasteiger partial charge is 0.334 e. The lowest BCUT2D eigenvalue weighted by atomic mass is 9.85. The largest absolute Gasteiger partial charge is 0.507 e. The van der Waals surface area contributed by atoms with Gasteiger partial charge in [-0.2, -0.15) is 0 Å². The first-order chi connectivity index (χ1) is 20.0. The van der Waals surface area contributed by atoms with Crippen molar-refractivity contribution in [3.8, 4) is 11.5 Å². The normalized spacial score (nSPS) is 18.1. The summed E-state index contributed by atoms with van der Waals surface area (Å²) in [5.41, 5.74) is 0.966. The molecule has 0 aliphatic heterocycles. The number of nitrogens with zero attached hydrogens (tertiary/aromatic N) is 1. The molecule has 1 saturated carbocycles. The van der Waals surface area contributed by atoms with Crippen LogP contribution in [0.25, 0.3) is 0 Å². The number of ether oxygens (including phenoxy) is 1. The fourth-order valence-electron chi connectivity index (χ4n) is 5.71. The number of hydrogen-bond donors (Lipinski definition) is 2. The zero-order valence-corrected chi connectivity index (χ0v) is 28.9. The second-order valence-corrected chi connectivity index (χ2v) is 16.4. The molecule has 1 aromatic rings. The van der Waals surface area contributed by atoms with Gasteiger partial charge in [0.05, 0.1) is 6.04 Å². The molecule has 2 atom stereocenters. The highest BCUT2D eigenvalue weighted by atomic mass is 35.5. The number of carbonyl (C=O) groups excluding carboxylic acids is 1. The van der Waals surface area contributed by atoms with Gasteiger partial charge in [-0.3, -0.25) is 9.79 Å². The number of rotatable bonds is 19.